The fourth-order valence-electron chi connectivity index (χ4n) is 1.76. The lowest BCUT2D eigenvalue weighted by atomic mass is 10.0. The summed E-state index contributed by atoms with van der Waals surface area (Å²) in [6.45, 7) is 0.439. The van der Waals surface area contributed by atoms with E-state index in [2.05, 4.69) is 5.32 Å². The molecule has 2 rings (SSSR count). The first kappa shape index (κ1) is 13.0. The van der Waals surface area contributed by atoms with Crippen LogP contribution >= 0.6 is 11.6 Å². The number of hydrogen-bond donors (Lipinski definition) is 1. The zero-order valence-electron chi connectivity index (χ0n) is 9.81. The van der Waals surface area contributed by atoms with E-state index in [4.69, 9.17) is 11.6 Å². The molecule has 2 aromatic rings. The van der Waals surface area contributed by atoms with E-state index in [0.717, 1.165) is 11.1 Å². The second-order valence-electron chi connectivity index (χ2n) is 3.97. The fourth-order valence-corrected chi connectivity index (χ4v) is 1.94. The first-order valence-corrected chi connectivity index (χ1v) is 5.88. The molecule has 0 amide bonds. The lowest BCUT2D eigenvalue weighted by Crippen LogP contribution is -2.07. The van der Waals surface area contributed by atoms with E-state index in [1.165, 1.54) is 18.2 Å². The molecule has 0 unspecified atom stereocenters. The molecule has 0 fully saturated rings. The van der Waals surface area contributed by atoms with Crippen LogP contribution in [-0.4, -0.2) is 7.05 Å². The number of hydrogen-bond acceptors (Lipinski definition) is 1. The summed E-state index contributed by atoms with van der Waals surface area (Å²) in [4.78, 5) is 0. The highest BCUT2D eigenvalue weighted by molar-refractivity contribution is 6.31. The minimum atomic E-state index is -0.460. The van der Waals surface area contributed by atoms with Crippen molar-refractivity contribution in [1.82, 2.24) is 5.32 Å². The van der Waals surface area contributed by atoms with Crippen molar-refractivity contribution < 1.29 is 8.78 Å². The maximum absolute atomic E-state index is 13.5. The van der Waals surface area contributed by atoms with Gasteiger partial charge in [-0.2, -0.15) is 0 Å². The van der Waals surface area contributed by atoms with Crippen LogP contribution in [0, 0.1) is 11.6 Å². The lowest BCUT2D eigenvalue weighted by molar-refractivity contribution is 0.601. The van der Waals surface area contributed by atoms with E-state index in [1.807, 2.05) is 0 Å². The van der Waals surface area contributed by atoms with Gasteiger partial charge in [0.15, 0.2) is 0 Å². The molecule has 0 bridgehead atoms. The molecule has 94 valence electrons. The normalized spacial score (nSPS) is 10.7. The Hall–Kier alpha value is -1.45. The zero-order valence-corrected chi connectivity index (χ0v) is 10.6. The second-order valence-corrected chi connectivity index (χ2v) is 4.37. The molecule has 18 heavy (non-hydrogen) atoms. The Kier molecular flexibility index (Phi) is 3.94. The van der Waals surface area contributed by atoms with Gasteiger partial charge in [0.05, 0.1) is 5.02 Å². The van der Waals surface area contributed by atoms with Crippen LogP contribution in [0.1, 0.15) is 5.56 Å². The van der Waals surface area contributed by atoms with Gasteiger partial charge in [0.2, 0.25) is 0 Å². The average molecular weight is 268 g/mol. The van der Waals surface area contributed by atoms with Crippen molar-refractivity contribution in [1.29, 1.82) is 0 Å². The van der Waals surface area contributed by atoms with Gasteiger partial charge < -0.3 is 5.32 Å². The Morgan fingerprint density at radius 1 is 1.00 bits per heavy atom. The lowest BCUT2D eigenvalue weighted by Gasteiger charge is -2.07. The maximum Gasteiger partial charge on any atom is 0.141 e. The van der Waals surface area contributed by atoms with Gasteiger partial charge in [0.1, 0.15) is 11.6 Å². The van der Waals surface area contributed by atoms with Crippen LogP contribution in [0.5, 0.6) is 0 Å². The average Bonchev–Trinajstić information content (AvgIpc) is 2.36. The number of benzene rings is 2. The van der Waals surface area contributed by atoms with E-state index in [9.17, 15) is 8.78 Å². The minimum Gasteiger partial charge on any atom is -0.316 e. The van der Waals surface area contributed by atoms with Gasteiger partial charge in [-0.3, -0.25) is 0 Å². The summed E-state index contributed by atoms with van der Waals surface area (Å²) in [6.07, 6.45) is 0. The molecule has 0 saturated carbocycles. The molecule has 0 heterocycles. The van der Waals surface area contributed by atoms with E-state index in [0.29, 0.717) is 12.1 Å². The number of nitrogens with one attached hydrogen (secondary N) is 1. The first-order chi connectivity index (χ1) is 8.61. The van der Waals surface area contributed by atoms with Crippen LogP contribution < -0.4 is 5.32 Å². The molecule has 0 spiro atoms. The maximum atomic E-state index is 13.5. The second kappa shape index (κ2) is 5.46. The molecular weight excluding hydrogens is 256 g/mol. The molecule has 0 radical (unpaired) electrons. The van der Waals surface area contributed by atoms with Crippen molar-refractivity contribution in [3.63, 3.8) is 0 Å². The van der Waals surface area contributed by atoms with Gasteiger partial charge in [-0.15, -0.1) is 0 Å². The van der Waals surface area contributed by atoms with Crippen molar-refractivity contribution in [3.8, 4) is 11.1 Å². The van der Waals surface area contributed by atoms with E-state index < -0.39 is 5.82 Å². The highest BCUT2D eigenvalue weighted by Gasteiger charge is 2.06. The third-order valence-electron chi connectivity index (χ3n) is 2.67. The van der Waals surface area contributed by atoms with Crippen molar-refractivity contribution >= 4 is 11.6 Å². The van der Waals surface area contributed by atoms with Crippen LogP contribution in [0.4, 0.5) is 8.78 Å². The van der Waals surface area contributed by atoms with Gasteiger partial charge in [-0.1, -0.05) is 23.7 Å². The molecular formula is C14H12ClF2N. The highest BCUT2D eigenvalue weighted by Crippen LogP contribution is 2.26. The highest BCUT2D eigenvalue weighted by atomic mass is 35.5. The molecule has 0 atom stereocenters. The Bertz CT molecular complexity index is 570. The summed E-state index contributed by atoms with van der Waals surface area (Å²) in [5, 5.41) is 2.96. The fraction of sp³-hybridized carbons (Fsp3) is 0.143. The van der Waals surface area contributed by atoms with Gasteiger partial charge in [0.25, 0.3) is 0 Å². The van der Waals surface area contributed by atoms with Gasteiger partial charge in [-0.05, 0) is 42.4 Å². The third kappa shape index (κ3) is 2.68. The molecule has 0 aliphatic rings. The van der Waals surface area contributed by atoms with Crippen molar-refractivity contribution in [2.24, 2.45) is 0 Å². The standard InChI is InChI=1S/C14H12ClF2N/c1-18-8-11-6-9(2-4-13(11)16)10-3-5-14(17)12(15)7-10/h2-7,18H,8H2,1H3. The minimum absolute atomic E-state index is 0.0620. The Morgan fingerprint density at radius 2 is 1.61 bits per heavy atom. The van der Waals surface area contributed by atoms with Crippen LogP contribution in [0.3, 0.4) is 0 Å². The van der Waals surface area contributed by atoms with Crippen LogP contribution in [0.25, 0.3) is 11.1 Å². The van der Waals surface area contributed by atoms with E-state index >= 15 is 0 Å². The molecule has 0 aromatic heterocycles. The summed E-state index contributed by atoms with van der Waals surface area (Å²) < 4.78 is 26.6. The molecule has 0 aliphatic heterocycles. The summed E-state index contributed by atoms with van der Waals surface area (Å²) in [5.41, 5.74) is 2.14. The largest absolute Gasteiger partial charge is 0.316 e. The number of rotatable bonds is 3. The predicted molar refractivity (Wildman–Crippen MR) is 69.6 cm³/mol. The molecule has 0 aliphatic carbocycles. The first-order valence-electron chi connectivity index (χ1n) is 5.50. The monoisotopic (exact) mass is 267 g/mol. The zero-order chi connectivity index (χ0) is 13.1. The van der Waals surface area contributed by atoms with E-state index in [-0.39, 0.29) is 10.8 Å². The predicted octanol–water partition coefficient (Wildman–Crippen LogP) is 4.00. The van der Waals surface area contributed by atoms with Crippen molar-refractivity contribution in [2.75, 3.05) is 7.05 Å². The van der Waals surface area contributed by atoms with Crippen LogP contribution in [0.2, 0.25) is 5.02 Å². The van der Waals surface area contributed by atoms with Crippen LogP contribution in [-0.2, 0) is 6.54 Å². The molecule has 2 aromatic carbocycles. The third-order valence-corrected chi connectivity index (χ3v) is 2.96. The Morgan fingerprint density at radius 3 is 2.22 bits per heavy atom. The van der Waals surface area contributed by atoms with Gasteiger partial charge >= 0.3 is 0 Å². The summed E-state index contributed by atoms with van der Waals surface area (Å²) in [5.74, 6) is -0.723. The molecule has 1 nitrogen and oxygen atoms in total. The molecule has 0 saturated heterocycles. The Balaban J connectivity index is 2.44. The topological polar surface area (TPSA) is 12.0 Å². The summed E-state index contributed by atoms with van der Waals surface area (Å²) in [7, 11) is 1.75. The SMILES string of the molecule is CNCc1cc(-c2ccc(F)c(Cl)c2)ccc1F. The smallest absolute Gasteiger partial charge is 0.141 e. The van der Waals surface area contributed by atoms with Gasteiger partial charge in [0, 0.05) is 12.1 Å². The Labute approximate surface area is 109 Å². The number of halogens is 3. The summed E-state index contributed by atoms with van der Waals surface area (Å²) >= 11 is 5.73. The van der Waals surface area contributed by atoms with E-state index in [1.54, 1.807) is 25.2 Å². The quantitative estimate of drug-likeness (QED) is 0.886. The summed E-state index contributed by atoms with van der Waals surface area (Å²) in [6, 6.07) is 9.25. The van der Waals surface area contributed by atoms with Crippen molar-refractivity contribution in [3.05, 3.63) is 58.6 Å². The van der Waals surface area contributed by atoms with Crippen molar-refractivity contribution in [2.45, 2.75) is 6.54 Å². The molecule has 1 N–H and O–H groups in total. The van der Waals surface area contributed by atoms with Crippen LogP contribution in [0.15, 0.2) is 36.4 Å². The molecule has 4 heteroatoms. The van der Waals surface area contributed by atoms with Gasteiger partial charge in [-0.25, -0.2) is 8.78 Å².